The van der Waals surface area contributed by atoms with Crippen molar-refractivity contribution in [1.82, 2.24) is 0 Å². The summed E-state index contributed by atoms with van der Waals surface area (Å²) in [6, 6.07) is 19.1. The molecule has 1 atom stereocenters. The van der Waals surface area contributed by atoms with Crippen molar-refractivity contribution < 1.29 is 14.3 Å². The smallest absolute Gasteiger partial charge is 0.338 e. The summed E-state index contributed by atoms with van der Waals surface area (Å²) in [4.78, 5) is 25.0. The average molecular weight is 442 g/mol. The Morgan fingerprint density at radius 2 is 1.57 bits per heavy atom. The van der Waals surface area contributed by atoms with Gasteiger partial charge in [-0.15, -0.1) is 0 Å². The summed E-state index contributed by atoms with van der Waals surface area (Å²) >= 11 is 12.6. The molecule has 152 valence electrons. The summed E-state index contributed by atoms with van der Waals surface area (Å²) in [5.41, 5.74) is 6.76. The molecule has 30 heavy (non-hydrogen) atoms. The number of carbonyl (C=O) groups excluding carboxylic acids is 2. The van der Waals surface area contributed by atoms with E-state index in [1.165, 1.54) is 0 Å². The number of ether oxygens (including phenoxy) is 1. The van der Waals surface area contributed by atoms with Crippen molar-refractivity contribution in [2.24, 2.45) is 5.73 Å². The van der Waals surface area contributed by atoms with E-state index in [9.17, 15) is 9.59 Å². The Kier molecular flexibility index (Phi) is 5.28. The van der Waals surface area contributed by atoms with Crippen LogP contribution in [0.5, 0.6) is 0 Å². The highest BCUT2D eigenvalue weighted by Gasteiger charge is 2.46. The van der Waals surface area contributed by atoms with Crippen LogP contribution < -0.4 is 16.4 Å². The van der Waals surface area contributed by atoms with Crippen molar-refractivity contribution in [2.45, 2.75) is 12.3 Å². The van der Waals surface area contributed by atoms with Gasteiger partial charge in [-0.05, 0) is 35.9 Å². The number of nitrogens with two attached hydrogens (primary N) is 1. The quantitative estimate of drug-likeness (QED) is 0.505. The fourth-order valence-corrected chi connectivity index (χ4v) is 4.03. The van der Waals surface area contributed by atoms with Gasteiger partial charge in [0, 0.05) is 5.56 Å². The van der Waals surface area contributed by atoms with Gasteiger partial charge in [0.25, 0.3) is 5.91 Å². The van der Waals surface area contributed by atoms with E-state index in [1.54, 1.807) is 36.4 Å². The zero-order chi connectivity index (χ0) is 21.3. The highest BCUT2D eigenvalue weighted by molar-refractivity contribution is 6.37. The summed E-state index contributed by atoms with van der Waals surface area (Å²) in [5, 5.41) is 6.66. The van der Waals surface area contributed by atoms with Crippen molar-refractivity contribution in [1.29, 1.82) is 0 Å². The molecule has 3 aromatic carbocycles. The van der Waals surface area contributed by atoms with E-state index in [-0.39, 0.29) is 16.7 Å². The maximum absolute atomic E-state index is 12.5. The number of benzene rings is 3. The second-order valence-corrected chi connectivity index (χ2v) is 7.60. The Bertz CT molecular complexity index is 1120. The lowest BCUT2D eigenvalue weighted by Gasteiger charge is -2.29. The normalized spacial score (nSPS) is 16.9. The molecule has 0 aliphatic carbocycles. The van der Waals surface area contributed by atoms with Crippen LogP contribution in [0, 0.1) is 0 Å². The Balaban J connectivity index is 1.61. The molecule has 4 N–H and O–H groups in total. The maximum atomic E-state index is 12.5. The van der Waals surface area contributed by atoms with Gasteiger partial charge in [0.05, 0.1) is 27.0 Å². The Labute approximate surface area is 182 Å². The van der Waals surface area contributed by atoms with Crippen molar-refractivity contribution in [3.63, 3.8) is 0 Å². The van der Waals surface area contributed by atoms with Gasteiger partial charge in [-0.2, -0.15) is 0 Å². The fraction of sp³-hybridized carbons (Fsp3) is 0.0909. The molecule has 0 spiro atoms. The lowest BCUT2D eigenvalue weighted by atomic mass is 9.99. The van der Waals surface area contributed by atoms with E-state index >= 15 is 0 Å². The third kappa shape index (κ3) is 3.56. The van der Waals surface area contributed by atoms with Gasteiger partial charge < -0.3 is 21.1 Å². The van der Waals surface area contributed by atoms with Crippen LogP contribution >= 0.6 is 23.2 Å². The summed E-state index contributed by atoms with van der Waals surface area (Å²) in [6.07, 6.45) is 0. The van der Waals surface area contributed by atoms with Crippen LogP contribution in [0.1, 0.15) is 21.5 Å². The minimum atomic E-state index is -1.55. The zero-order valence-corrected chi connectivity index (χ0v) is 17.1. The second-order valence-electron chi connectivity index (χ2n) is 6.78. The topological polar surface area (TPSA) is 93.5 Å². The number of amides is 1. The molecule has 1 heterocycles. The summed E-state index contributed by atoms with van der Waals surface area (Å²) in [7, 11) is 0. The largest absolute Gasteiger partial charge is 0.457 e. The predicted octanol–water partition coefficient (Wildman–Crippen LogP) is 4.53. The van der Waals surface area contributed by atoms with Crippen LogP contribution in [0.3, 0.4) is 0 Å². The molecule has 1 unspecified atom stereocenters. The van der Waals surface area contributed by atoms with Crippen LogP contribution in [-0.4, -0.2) is 11.9 Å². The summed E-state index contributed by atoms with van der Waals surface area (Å²) in [5.74, 6) is -1.21. The number of carbonyl (C=O) groups is 2. The molecule has 0 bridgehead atoms. The van der Waals surface area contributed by atoms with E-state index in [4.69, 9.17) is 33.7 Å². The van der Waals surface area contributed by atoms with Crippen LogP contribution in [-0.2, 0) is 21.8 Å². The Hall–Kier alpha value is -3.22. The molecular weight excluding hydrogens is 425 g/mol. The van der Waals surface area contributed by atoms with E-state index < -0.39 is 17.5 Å². The van der Waals surface area contributed by atoms with E-state index in [1.807, 2.05) is 30.3 Å². The summed E-state index contributed by atoms with van der Waals surface area (Å²) < 4.78 is 5.38. The van der Waals surface area contributed by atoms with Gasteiger partial charge in [-0.3, -0.25) is 4.79 Å². The third-order valence-corrected chi connectivity index (χ3v) is 5.45. The number of nitrogens with one attached hydrogen (secondary N) is 2. The van der Waals surface area contributed by atoms with Crippen molar-refractivity contribution in [3.05, 3.63) is 93.5 Å². The fourth-order valence-electron chi connectivity index (χ4n) is 3.35. The average Bonchev–Trinajstić information content (AvgIpc) is 3.12. The monoisotopic (exact) mass is 441 g/mol. The molecule has 8 heteroatoms. The molecule has 1 aliphatic rings. The molecule has 1 amide bonds. The first-order valence-corrected chi connectivity index (χ1v) is 9.82. The number of esters is 1. The Morgan fingerprint density at radius 3 is 2.23 bits per heavy atom. The van der Waals surface area contributed by atoms with Crippen molar-refractivity contribution >= 4 is 46.5 Å². The highest BCUT2D eigenvalue weighted by atomic mass is 35.5. The zero-order valence-electron chi connectivity index (χ0n) is 15.6. The molecule has 4 rings (SSSR count). The van der Waals surface area contributed by atoms with Gasteiger partial charge in [0.15, 0.2) is 0 Å². The summed E-state index contributed by atoms with van der Waals surface area (Å²) in [6.45, 7) is 0.156. The first kappa shape index (κ1) is 20.1. The van der Waals surface area contributed by atoms with Gasteiger partial charge in [0.2, 0.25) is 5.66 Å². The lowest BCUT2D eigenvalue weighted by Crippen LogP contribution is -2.51. The van der Waals surface area contributed by atoms with Crippen LogP contribution in [0.15, 0.2) is 66.7 Å². The molecule has 0 fully saturated rings. The van der Waals surface area contributed by atoms with Gasteiger partial charge in [0.1, 0.15) is 6.61 Å². The molecule has 0 saturated heterocycles. The standard InChI is InChI=1S/C22H17Cl2N3O3/c23-15-7-4-8-16(24)19(15)22(21(25)29)26-17-10-9-14(11-18(17)27-22)20(28)30-12-13-5-2-1-3-6-13/h1-11,26-27H,12H2,(H2,25,29). The SMILES string of the molecule is NC(=O)C1(c2c(Cl)cccc2Cl)Nc2ccc(C(=O)OCc3ccccc3)cc2N1. The Morgan fingerprint density at radius 1 is 0.900 bits per heavy atom. The lowest BCUT2D eigenvalue weighted by molar-refractivity contribution is -0.121. The molecule has 3 aromatic rings. The molecule has 0 aromatic heterocycles. The maximum Gasteiger partial charge on any atom is 0.338 e. The van der Waals surface area contributed by atoms with Crippen LogP contribution in [0.4, 0.5) is 11.4 Å². The first-order valence-electron chi connectivity index (χ1n) is 9.06. The van der Waals surface area contributed by atoms with E-state index in [2.05, 4.69) is 10.6 Å². The number of fused-ring (bicyclic) bond motifs is 1. The first-order chi connectivity index (χ1) is 14.4. The van der Waals surface area contributed by atoms with Crippen LogP contribution in [0.25, 0.3) is 0 Å². The number of anilines is 2. The van der Waals surface area contributed by atoms with Crippen molar-refractivity contribution in [2.75, 3.05) is 10.6 Å². The number of rotatable bonds is 5. The number of hydrogen-bond donors (Lipinski definition) is 3. The molecule has 1 aliphatic heterocycles. The predicted molar refractivity (Wildman–Crippen MR) is 117 cm³/mol. The minimum Gasteiger partial charge on any atom is -0.457 e. The number of hydrogen-bond acceptors (Lipinski definition) is 5. The minimum absolute atomic E-state index is 0.156. The molecule has 0 radical (unpaired) electrons. The van der Waals surface area contributed by atoms with Crippen LogP contribution in [0.2, 0.25) is 10.0 Å². The highest BCUT2D eigenvalue weighted by Crippen LogP contribution is 2.44. The van der Waals surface area contributed by atoms with Gasteiger partial charge in [-0.1, -0.05) is 59.6 Å². The van der Waals surface area contributed by atoms with E-state index in [0.717, 1.165) is 5.56 Å². The van der Waals surface area contributed by atoms with E-state index in [0.29, 0.717) is 22.5 Å². The van der Waals surface area contributed by atoms with Gasteiger partial charge in [-0.25, -0.2) is 4.79 Å². The second kappa shape index (κ2) is 7.89. The van der Waals surface area contributed by atoms with Crippen molar-refractivity contribution in [3.8, 4) is 0 Å². The van der Waals surface area contributed by atoms with Gasteiger partial charge >= 0.3 is 5.97 Å². The molecule has 6 nitrogen and oxygen atoms in total. The molecular formula is C22H17Cl2N3O3. The number of halogens is 2. The number of primary amides is 1. The molecule has 0 saturated carbocycles. The third-order valence-electron chi connectivity index (χ3n) is 4.82.